The van der Waals surface area contributed by atoms with Gasteiger partial charge in [0.25, 0.3) is 0 Å². The minimum atomic E-state index is -4.12. The highest BCUT2D eigenvalue weighted by atomic mass is 32.2. The number of benzene rings is 3. The average molecular weight is 536 g/mol. The van der Waals surface area contributed by atoms with Gasteiger partial charge in [0.05, 0.1) is 25.7 Å². The van der Waals surface area contributed by atoms with Gasteiger partial charge >= 0.3 is 0 Å². The van der Waals surface area contributed by atoms with Gasteiger partial charge in [-0.25, -0.2) is 16.8 Å². The highest BCUT2D eigenvalue weighted by Gasteiger charge is 2.29. The van der Waals surface area contributed by atoms with Crippen LogP contribution in [0.25, 0.3) is 0 Å². The number of sulfonamides is 1. The molecule has 0 saturated carbocycles. The SMILES string of the molecule is COc1ccc(OC)c(S(=O)(=O)N(Cc2ccc(C(O)CO)cc2)Cc2ccc(S(C)(=O)=O)cc2)c1. The van der Waals surface area contributed by atoms with E-state index in [4.69, 9.17) is 14.6 Å². The van der Waals surface area contributed by atoms with Gasteiger partial charge in [0, 0.05) is 25.4 Å². The van der Waals surface area contributed by atoms with E-state index in [0.29, 0.717) is 22.4 Å². The monoisotopic (exact) mass is 535 g/mol. The van der Waals surface area contributed by atoms with Crippen LogP contribution >= 0.6 is 0 Å². The van der Waals surface area contributed by atoms with Gasteiger partial charge in [-0.1, -0.05) is 36.4 Å². The number of rotatable bonds is 11. The zero-order valence-corrected chi connectivity index (χ0v) is 21.8. The van der Waals surface area contributed by atoms with E-state index in [-0.39, 0.29) is 28.6 Å². The van der Waals surface area contributed by atoms with Crippen molar-refractivity contribution in [3.63, 3.8) is 0 Å². The Morgan fingerprint density at radius 1 is 0.833 bits per heavy atom. The van der Waals surface area contributed by atoms with Crippen molar-refractivity contribution < 1.29 is 36.5 Å². The van der Waals surface area contributed by atoms with Gasteiger partial charge in [-0.2, -0.15) is 4.31 Å². The summed E-state index contributed by atoms with van der Waals surface area (Å²) in [5.74, 6) is 0.490. The van der Waals surface area contributed by atoms with Gasteiger partial charge in [0.2, 0.25) is 10.0 Å². The molecule has 0 aliphatic rings. The zero-order valence-electron chi connectivity index (χ0n) is 20.2. The van der Waals surface area contributed by atoms with E-state index in [1.165, 1.54) is 42.8 Å². The summed E-state index contributed by atoms with van der Waals surface area (Å²) in [5, 5.41) is 19.0. The lowest BCUT2D eigenvalue weighted by Gasteiger charge is -2.24. The molecule has 0 heterocycles. The molecule has 0 amide bonds. The maximum Gasteiger partial charge on any atom is 0.247 e. The van der Waals surface area contributed by atoms with Crippen molar-refractivity contribution in [1.29, 1.82) is 0 Å². The second-order valence-electron chi connectivity index (χ2n) is 8.15. The van der Waals surface area contributed by atoms with Crippen LogP contribution in [0.3, 0.4) is 0 Å². The lowest BCUT2D eigenvalue weighted by atomic mass is 10.1. The van der Waals surface area contributed by atoms with Gasteiger partial charge in [-0.05, 0) is 41.0 Å². The molecule has 1 atom stereocenters. The molecule has 0 spiro atoms. The maximum absolute atomic E-state index is 13.9. The Morgan fingerprint density at radius 2 is 1.39 bits per heavy atom. The number of nitrogens with zero attached hydrogens (tertiary/aromatic N) is 1. The van der Waals surface area contributed by atoms with Gasteiger partial charge in [-0.15, -0.1) is 0 Å². The smallest absolute Gasteiger partial charge is 0.247 e. The van der Waals surface area contributed by atoms with Crippen LogP contribution in [0, 0.1) is 0 Å². The average Bonchev–Trinajstić information content (AvgIpc) is 2.87. The fourth-order valence-electron chi connectivity index (χ4n) is 3.55. The molecule has 2 N–H and O–H groups in total. The van der Waals surface area contributed by atoms with E-state index in [1.54, 1.807) is 42.5 Å². The minimum absolute atomic E-state index is 0.0218. The summed E-state index contributed by atoms with van der Waals surface area (Å²) in [5.41, 5.74) is 1.73. The minimum Gasteiger partial charge on any atom is -0.497 e. The van der Waals surface area contributed by atoms with Crippen LogP contribution in [0.15, 0.2) is 76.5 Å². The summed E-state index contributed by atoms with van der Waals surface area (Å²) in [7, 11) is -4.71. The third-order valence-electron chi connectivity index (χ3n) is 5.60. The summed E-state index contributed by atoms with van der Waals surface area (Å²) >= 11 is 0. The molecule has 3 rings (SSSR count). The number of aliphatic hydroxyl groups excluding tert-OH is 2. The van der Waals surface area contributed by atoms with E-state index in [2.05, 4.69) is 0 Å². The summed E-state index contributed by atoms with van der Waals surface area (Å²) in [6, 6.07) is 17.1. The lowest BCUT2D eigenvalue weighted by Crippen LogP contribution is -2.30. The fourth-order valence-corrected chi connectivity index (χ4v) is 5.77. The van der Waals surface area contributed by atoms with Crippen molar-refractivity contribution in [2.24, 2.45) is 0 Å². The summed E-state index contributed by atoms with van der Waals surface area (Å²) in [6.07, 6.45) is 0.0684. The molecular weight excluding hydrogens is 506 g/mol. The number of ether oxygens (including phenoxy) is 2. The Kier molecular flexibility index (Phi) is 8.75. The summed E-state index contributed by atoms with van der Waals surface area (Å²) in [4.78, 5) is 0.0533. The Bertz CT molecular complexity index is 1390. The van der Waals surface area contributed by atoms with Crippen molar-refractivity contribution in [1.82, 2.24) is 4.31 Å². The molecule has 3 aromatic carbocycles. The summed E-state index contributed by atoms with van der Waals surface area (Å²) < 4.78 is 63.1. The first-order valence-corrected chi connectivity index (χ1v) is 14.2. The van der Waals surface area contributed by atoms with Crippen molar-refractivity contribution in [2.45, 2.75) is 29.0 Å². The van der Waals surface area contributed by atoms with E-state index < -0.39 is 32.6 Å². The molecule has 0 saturated heterocycles. The molecule has 0 aliphatic heterocycles. The first-order valence-electron chi connectivity index (χ1n) is 10.9. The molecule has 194 valence electrons. The highest BCUT2D eigenvalue weighted by molar-refractivity contribution is 7.90. The Labute approximate surface area is 211 Å². The van der Waals surface area contributed by atoms with Gasteiger partial charge < -0.3 is 19.7 Å². The van der Waals surface area contributed by atoms with Gasteiger partial charge in [0.1, 0.15) is 22.5 Å². The Morgan fingerprint density at radius 3 is 1.86 bits per heavy atom. The van der Waals surface area contributed by atoms with Crippen molar-refractivity contribution in [2.75, 3.05) is 27.1 Å². The Balaban J connectivity index is 2.04. The van der Waals surface area contributed by atoms with Crippen LogP contribution < -0.4 is 9.47 Å². The maximum atomic E-state index is 13.9. The van der Waals surface area contributed by atoms with Crippen LogP contribution in [-0.4, -0.2) is 58.4 Å². The number of hydrogen-bond donors (Lipinski definition) is 2. The largest absolute Gasteiger partial charge is 0.497 e. The quantitative estimate of drug-likeness (QED) is 0.383. The molecule has 0 radical (unpaired) electrons. The molecule has 0 aliphatic carbocycles. The van der Waals surface area contributed by atoms with E-state index in [1.807, 2.05) is 0 Å². The van der Waals surface area contributed by atoms with Crippen molar-refractivity contribution in [3.05, 3.63) is 83.4 Å². The normalized spacial score (nSPS) is 12.9. The highest BCUT2D eigenvalue weighted by Crippen LogP contribution is 2.32. The van der Waals surface area contributed by atoms with Gasteiger partial charge in [0.15, 0.2) is 9.84 Å². The van der Waals surface area contributed by atoms with Gasteiger partial charge in [-0.3, -0.25) is 0 Å². The molecule has 3 aromatic rings. The molecule has 0 fully saturated rings. The van der Waals surface area contributed by atoms with Crippen molar-refractivity contribution >= 4 is 19.9 Å². The van der Waals surface area contributed by atoms with E-state index >= 15 is 0 Å². The number of hydrogen-bond acceptors (Lipinski definition) is 8. The first kappa shape index (κ1) is 27.6. The standard InChI is InChI=1S/C25H29NO8S2/c1-33-21-10-13-24(34-2)25(14-21)36(31,32)26(15-18-4-8-20(9-5-18)23(28)17-27)16-19-6-11-22(12-7-19)35(3,29)30/h4-14,23,27-28H,15-17H2,1-3H3. The second kappa shape index (κ2) is 11.4. The predicted molar refractivity (Wildman–Crippen MR) is 134 cm³/mol. The number of sulfone groups is 1. The Hall–Kier alpha value is -2.96. The molecule has 36 heavy (non-hydrogen) atoms. The number of aliphatic hydroxyl groups is 2. The molecule has 11 heteroatoms. The van der Waals surface area contributed by atoms with Crippen LogP contribution in [0.4, 0.5) is 0 Å². The lowest BCUT2D eigenvalue weighted by molar-refractivity contribution is 0.0956. The topological polar surface area (TPSA) is 130 Å². The van der Waals surface area contributed by atoms with Crippen LogP contribution in [0.2, 0.25) is 0 Å². The third kappa shape index (κ3) is 6.42. The van der Waals surface area contributed by atoms with Crippen LogP contribution in [0.1, 0.15) is 22.8 Å². The molecule has 9 nitrogen and oxygen atoms in total. The van der Waals surface area contributed by atoms with Crippen LogP contribution in [-0.2, 0) is 33.0 Å². The predicted octanol–water partition coefficient (Wildman–Crippen LogP) is 2.52. The first-order chi connectivity index (χ1) is 17.0. The van der Waals surface area contributed by atoms with E-state index in [9.17, 15) is 21.9 Å². The van der Waals surface area contributed by atoms with Crippen LogP contribution in [0.5, 0.6) is 11.5 Å². The molecular formula is C25H29NO8S2. The molecule has 0 bridgehead atoms. The third-order valence-corrected chi connectivity index (χ3v) is 8.54. The zero-order chi connectivity index (χ0) is 26.5. The van der Waals surface area contributed by atoms with E-state index in [0.717, 1.165) is 6.26 Å². The fraction of sp³-hybridized carbons (Fsp3) is 0.280. The molecule has 0 aromatic heterocycles. The number of methoxy groups -OCH3 is 2. The second-order valence-corrected chi connectivity index (χ2v) is 12.1. The summed E-state index contributed by atoms with van der Waals surface area (Å²) in [6.45, 7) is -0.501. The molecule has 1 unspecified atom stereocenters. The van der Waals surface area contributed by atoms with Crippen molar-refractivity contribution in [3.8, 4) is 11.5 Å².